The summed E-state index contributed by atoms with van der Waals surface area (Å²) in [5.74, 6) is 0. The van der Waals surface area contributed by atoms with Gasteiger partial charge in [0.05, 0.1) is 0 Å². The SMILES string of the molecule is CCc1ccc(CCC(N)c2ccc3c(c2)CCCC3)cc1. The Morgan fingerprint density at radius 1 is 0.909 bits per heavy atom. The van der Waals surface area contributed by atoms with Crippen LogP contribution in [-0.2, 0) is 25.7 Å². The fraction of sp³-hybridized carbons (Fsp3) is 0.429. The molecule has 22 heavy (non-hydrogen) atoms. The zero-order valence-electron chi connectivity index (χ0n) is 13.6. The number of rotatable bonds is 5. The topological polar surface area (TPSA) is 26.0 Å². The molecule has 1 unspecified atom stereocenters. The zero-order valence-corrected chi connectivity index (χ0v) is 13.6. The van der Waals surface area contributed by atoms with Crippen molar-refractivity contribution >= 4 is 0 Å². The summed E-state index contributed by atoms with van der Waals surface area (Å²) >= 11 is 0. The molecule has 0 fully saturated rings. The van der Waals surface area contributed by atoms with E-state index in [9.17, 15) is 0 Å². The minimum absolute atomic E-state index is 0.151. The summed E-state index contributed by atoms with van der Waals surface area (Å²) in [5, 5.41) is 0. The van der Waals surface area contributed by atoms with Gasteiger partial charge in [0.1, 0.15) is 0 Å². The standard InChI is InChI=1S/C21H27N/c1-2-16-7-9-17(10-8-16)11-14-21(22)20-13-12-18-5-3-4-6-19(18)15-20/h7-10,12-13,15,21H,2-6,11,14,22H2,1H3. The summed E-state index contributed by atoms with van der Waals surface area (Å²) in [5.41, 5.74) is 13.6. The second-order valence-corrected chi connectivity index (χ2v) is 6.55. The van der Waals surface area contributed by atoms with Crippen LogP contribution in [0.1, 0.15) is 60.0 Å². The molecule has 116 valence electrons. The molecule has 2 N–H and O–H groups in total. The molecular weight excluding hydrogens is 266 g/mol. The fourth-order valence-corrected chi connectivity index (χ4v) is 3.41. The van der Waals surface area contributed by atoms with Gasteiger partial charge in [0.2, 0.25) is 0 Å². The van der Waals surface area contributed by atoms with Gasteiger partial charge >= 0.3 is 0 Å². The maximum absolute atomic E-state index is 6.43. The first-order chi connectivity index (χ1) is 10.8. The first-order valence-electron chi connectivity index (χ1n) is 8.71. The smallest absolute Gasteiger partial charge is 0.0298 e. The highest BCUT2D eigenvalue weighted by Crippen LogP contribution is 2.25. The summed E-state index contributed by atoms with van der Waals surface area (Å²) in [6.45, 7) is 2.20. The molecule has 0 radical (unpaired) electrons. The Morgan fingerprint density at radius 3 is 2.32 bits per heavy atom. The van der Waals surface area contributed by atoms with Gasteiger partial charge in [0.15, 0.2) is 0 Å². The van der Waals surface area contributed by atoms with Gasteiger partial charge in [-0.15, -0.1) is 0 Å². The molecule has 3 rings (SSSR count). The Morgan fingerprint density at radius 2 is 1.59 bits per heavy atom. The largest absolute Gasteiger partial charge is 0.324 e. The van der Waals surface area contributed by atoms with Crippen molar-refractivity contribution in [3.05, 3.63) is 70.3 Å². The van der Waals surface area contributed by atoms with Crippen LogP contribution in [-0.4, -0.2) is 0 Å². The number of hydrogen-bond acceptors (Lipinski definition) is 1. The van der Waals surface area contributed by atoms with Crippen LogP contribution in [0.2, 0.25) is 0 Å². The monoisotopic (exact) mass is 293 g/mol. The Kier molecular flexibility index (Phi) is 4.94. The predicted molar refractivity (Wildman–Crippen MR) is 94.2 cm³/mol. The summed E-state index contributed by atoms with van der Waals surface area (Å²) in [4.78, 5) is 0. The van der Waals surface area contributed by atoms with E-state index in [1.54, 1.807) is 0 Å². The van der Waals surface area contributed by atoms with Crippen LogP contribution in [0.5, 0.6) is 0 Å². The van der Waals surface area contributed by atoms with E-state index in [0.29, 0.717) is 0 Å². The van der Waals surface area contributed by atoms with Crippen molar-refractivity contribution in [3.8, 4) is 0 Å². The molecule has 0 heterocycles. The van der Waals surface area contributed by atoms with Crippen LogP contribution in [0, 0.1) is 0 Å². The molecule has 1 aliphatic rings. The van der Waals surface area contributed by atoms with E-state index in [1.165, 1.54) is 53.5 Å². The first-order valence-corrected chi connectivity index (χ1v) is 8.71. The van der Waals surface area contributed by atoms with Crippen LogP contribution in [0.3, 0.4) is 0 Å². The van der Waals surface area contributed by atoms with Crippen molar-refractivity contribution in [1.29, 1.82) is 0 Å². The van der Waals surface area contributed by atoms with E-state index in [-0.39, 0.29) is 6.04 Å². The van der Waals surface area contributed by atoms with Crippen molar-refractivity contribution in [2.24, 2.45) is 5.73 Å². The number of aryl methyl sites for hydroxylation is 4. The second-order valence-electron chi connectivity index (χ2n) is 6.55. The molecule has 1 atom stereocenters. The lowest BCUT2D eigenvalue weighted by Gasteiger charge is -2.19. The normalized spacial score (nSPS) is 15.4. The van der Waals surface area contributed by atoms with E-state index in [1.807, 2.05) is 0 Å². The molecular formula is C21H27N. The van der Waals surface area contributed by atoms with Gasteiger partial charge in [0, 0.05) is 6.04 Å². The Bertz CT molecular complexity index is 612. The van der Waals surface area contributed by atoms with Crippen LogP contribution >= 0.6 is 0 Å². The van der Waals surface area contributed by atoms with Crippen LogP contribution in [0.15, 0.2) is 42.5 Å². The lowest BCUT2D eigenvalue weighted by Crippen LogP contribution is -2.13. The van der Waals surface area contributed by atoms with Gasteiger partial charge in [-0.2, -0.15) is 0 Å². The molecule has 1 nitrogen and oxygen atoms in total. The lowest BCUT2D eigenvalue weighted by atomic mass is 9.88. The maximum atomic E-state index is 6.43. The molecule has 2 aromatic rings. The Balaban J connectivity index is 1.62. The van der Waals surface area contributed by atoms with E-state index < -0.39 is 0 Å². The summed E-state index contributed by atoms with van der Waals surface area (Å²) in [6.07, 6.45) is 8.33. The third kappa shape index (κ3) is 3.59. The van der Waals surface area contributed by atoms with Crippen molar-refractivity contribution in [2.75, 3.05) is 0 Å². The molecule has 2 aromatic carbocycles. The van der Waals surface area contributed by atoms with Crippen LogP contribution in [0.4, 0.5) is 0 Å². The van der Waals surface area contributed by atoms with E-state index in [0.717, 1.165) is 19.3 Å². The molecule has 0 aliphatic heterocycles. The fourth-order valence-electron chi connectivity index (χ4n) is 3.41. The van der Waals surface area contributed by atoms with Gasteiger partial charge in [-0.1, -0.05) is 49.4 Å². The number of benzene rings is 2. The maximum Gasteiger partial charge on any atom is 0.0298 e. The van der Waals surface area contributed by atoms with Crippen LogP contribution in [0.25, 0.3) is 0 Å². The number of hydrogen-bond donors (Lipinski definition) is 1. The Labute approximate surface area is 134 Å². The highest BCUT2D eigenvalue weighted by atomic mass is 14.6. The van der Waals surface area contributed by atoms with Crippen molar-refractivity contribution in [3.63, 3.8) is 0 Å². The average molecular weight is 293 g/mol. The molecule has 0 bridgehead atoms. The second kappa shape index (κ2) is 7.11. The summed E-state index contributed by atoms with van der Waals surface area (Å²) < 4.78 is 0. The average Bonchev–Trinajstić information content (AvgIpc) is 2.59. The molecule has 1 heteroatoms. The highest BCUT2D eigenvalue weighted by Gasteiger charge is 2.12. The van der Waals surface area contributed by atoms with Crippen LogP contribution < -0.4 is 5.73 Å². The minimum Gasteiger partial charge on any atom is -0.324 e. The molecule has 0 saturated heterocycles. The number of nitrogens with two attached hydrogens (primary N) is 1. The molecule has 1 aliphatic carbocycles. The van der Waals surface area contributed by atoms with Crippen molar-refractivity contribution in [2.45, 2.75) is 57.9 Å². The number of fused-ring (bicyclic) bond motifs is 1. The molecule has 0 aromatic heterocycles. The van der Waals surface area contributed by atoms with Gasteiger partial charge in [-0.25, -0.2) is 0 Å². The highest BCUT2D eigenvalue weighted by molar-refractivity contribution is 5.35. The first kappa shape index (κ1) is 15.3. The minimum atomic E-state index is 0.151. The molecule has 0 spiro atoms. The van der Waals surface area contributed by atoms with Crippen molar-refractivity contribution < 1.29 is 0 Å². The summed E-state index contributed by atoms with van der Waals surface area (Å²) in [7, 11) is 0. The van der Waals surface area contributed by atoms with Crippen molar-refractivity contribution in [1.82, 2.24) is 0 Å². The van der Waals surface area contributed by atoms with Gasteiger partial charge in [-0.05, 0) is 72.8 Å². The zero-order chi connectivity index (χ0) is 15.4. The van der Waals surface area contributed by atoms with Gasteiger partial charge < -0.3 is 5.73 Å². The van der Waals surface area contributed by atoms with E-state index in [2.05, 4.69) is 49.4 Å². The van der Waals surface area contributed by atoms with E-state index in [4.69, 9.17) is 5.73 Å². The lowest BCUT2D eigenvalue weighted by molar-refractivity contribution is 0.642. The quantitative estimate of drug-likeness (QED) is 0.845. The van der Waals surface area contributed by atoms with E-state index >= 15 is 0 Å². The Hall–Kier alpha value is -1.60. The van der Waals surface area contributed by atoms with Gasteiger partial charge in [0.25, 0.3) is 0 Å². The molecule has 0 saturated carbocycles. The van der Waals surface area contributed by atoms with Gasteiger partial charge in [-0.3, -0.25) is 0 Å². The molecule has 0 amide bonds. The third-order valence-corrected chi connectivity index (χ3v) is 4.98. The summed E-state index contributed by atoms with van der Waals surface area (Å²) in [6, 6.07) is 16.0. The third-order valence-electron chi connectivity index (χ3n) is 4.98. The predicted octanol–water partition coefficient (Wildman–Crippen LogP) is 4.76.